The van der Waals surface area contributed by atoms with E-state index in [2.05, 4.69) is 4.98 Å². The Bertz CT molecular complexity index is 449. The fourth-order valence-corrected chi connectivity index (χ4v) is 2.21. The fourth-order valence-electron chi connectivity index (χ4n) is 2.07. The number of hydrogen-bond acceptors (Lipinski definition) is 5. The summed E-state index contributed by atoms with van der Waals surface area (Å²) >= 11 is 5.82. The molecule has 0 saturated carbocycles. The van der Waals surface area contributed by atoms with Gasteiger partial charge < -0.3 is 9.64 Å². The van der Waals surface area contributed by atoms with Gasteiger partial charge in [-0.25, -0.2) is 4.98 Å². The molecule has 0 unspecified atom stereocenters. The molecule has 1 aliphatic rings. The third kappa shape index (κ3) is 2.70. The van der Waals surface area contributed by atoms with Crippen molar-refractivity contribution < 1.29 is 9.66 Å². The van der Waals surface area contributed by atoms with E-state index in [1.165, 1.54) is 12.1 Å². The van der Waals surface area contributed by atoms with Crippen molar-refractivity contribution in [2.45, 2.75) is 18.9 Å². The highest BCUT2D eigenvalue weighted by Gasteiger charge is 2.26. The van der Waals surface area contributed by atoms with E-state index >= 15 is 0 Å². The van der Waals surface area contributed by atoms with Crippen molar-refractivity contribution >= 4 is 23.1 Å². The lowest BCUT2D eigenvalue weighted by atomic mass is 10.1. The van der Waals surface area contributed by atoms with Crippen molar-refractivity contribution in [2.24, 2.45) is 0 Å². The van der Waals surface area contributed by atoms with Gasteiger partial charge in [0.2, 0.25) is 5.82 Å². The molecule has 2 heterocycles. The molecule has 0 aliphatic carbocycles. The minimum atomic E-state index is -0.436. The summed E-state index contributed by atoms with van der Waals surface area (Å²) in [4.78, 5) is 16.5. The largest absolute Gasteiger partial charge is 0.381 e. The molecule has 0 radical (unpaired) electrons. The molecule has 18 heavy (non-hydrogen) atoms. The Labute approximate surface area is 110 Å². The third-order valence-electron chi connectivity index (χ3n) is 3.09. The summed E-state index contributed by atoms with van der Waals surface area (Å²) < 4.78 is 5.28. The first-order valence-electron chi connectivity index (χ1n) is 5.71. The van der Waals surface area contributed by atoms with Crippen molar-refractivity contribution in [1.29, 1.82) is 0 Å². The standard InChI is InChI=1S/C11H14ClN3O3/c1-14(8-4-6-18-7-5-8)11-9(15(16)17)2-3-10(12)13-11/h2-3,8H,4-7H2,1H3. The van der Waals surface area contributed by atoms with Crippen LogP contribution in [-0.4, -0.2) is 36.2 Å². The molecule has 0 atom stereocenters. The summed E-state index contributed by atoms with van der Waals surface area (Å²) in [7, 11) is 1.81. The zero-order valence-corrected chi connectivity index (χ0v) is 10.8. The van der Waals surface area contributed by atoms with Crippen LogP contribution in [0.2, 0.25) is 5.15 Å². The van der Waals surface area contributed by atoms with Crippen molar-refractivity contribution in [3.8, 4) is 0 Å². The van der Waals surface area contributed by atoms with Crippen LogP contribution in [0.15, 0.2) is 12.1 Å². The highest BCUT2D eigenvalue weighted by atomic mass is 35.5. The smallest absolute Gasteiger partial charge is 0.311 e. The summed E-state index contributed by atoms with van der Waals surface area (Å²) in [6.45, 7) is 1.34. The number of halogens is 1. The maximum Gasteiger partial charge on any atom is 0.311 e. The van der Waals surface area contributed by atoms with E-state index in [-0.39, 0.29) is 16.9 Å². The molecule has 2 rings (SSSR count). The van der Waals surface area contributed by atoms with Gasteiger partial charge in [-0.05, 0) is 18.9 Å². The molecule has 6 nitrogen and oxygen atoms in total. The van der Waals surface area contributed by atoms with Crippen LogP contribution < -0.4 is 4.90 Å². The number of anilines is 1. The highest BCUT2D eigenvalue weighted by molar-refractivity contribution is 6.29. The molecule has 7 heteroatoms. The predicted octanol–water partition coefficient (Wildman–Crippen LogP) is 2.26. The monoisotopic (exact) mass is 271 g/mol. The second-order valence-electron chi connectivity index (χ2n) is 4.19. The molecule has 0 bridgehead atoms. The van der Waals surface area contributed by atoms with E-state index in [0.29, 0.717) is 19.0 Å². The van der Waals surface area contributed by atoms with Crippen LogP contribution in [-0.2, 0) is 4.74 Å². The second-order valence-corrected chi connectivity index (χ2v) is 4.58. The van der Waals surface area contributed by atoms with Gasteiger partial charge in [-0.1, -0.05) is 11.6 Å². The molecule has 0 amide bonds. The average Bonchev–Trinajstić information content (AvgIpc) is 2.38. The molecule has 1 fully saturated rings. The molecule has 0 N–H and O–H groups in total. The summed E-state index contributed by atoms with van der Waals surface area (Å²) in [5.41, 5.74) is -0.0200. The molecular formula is C11H14ClN3O3. The Hall–Kier alpha value is -1.40. The zero-order valence-electron chi connectivity index (χ0n) is 10.0. The molecule has 1 saturated heterocycles. The number of aromatic nitrogens is 1. The van der Waals surface area contributed by atoms with Gasteiger partial charge in [0, 0.05) is 32.4 Å². The summed E-state index contributed by atoms with van der Waals surface area (Å²) in [6.07, 6.45) is 1.67. The topological polar surface area (TPSA) is 68.5 Å². The maximum absolute atomic E-state index is 11.0. The molecule has 1 aromatic heterocycles. The number of nitro groups is 1. The highest BCUT2D eigenvalue weighted by Crippen LogP contribution is 2.30. The summed E-state index contributed by atoms with van der Waals surface area (Å²) in [6, 6.07) is 3.02. The van der Waals surface area contributed by atoms with Crippen LogP contribution in [0, 0.1) is 10.1 Å². The van der Waals surface area contributed by atoms with Gasteiger partial charge in [0.1, 0.15) is 5.15 Å². The van der Waals surface area contributed by atoms with Crippen LogP contribution >= 0.6 is 11.6 Å². The molecular weight excluding hydrogens is 258 g/mol. The van der Waals surface area contributed by atoms with Crippen molar-refractivity contribution in [2.75, 3.05) is 25.2 Å². The van der Waals surface area contributed by atoms with Crippen molar-refractivity contribution in [3.05, 3.63) is 27.4 Å². The van der Waals surface area contributed by atoms with E-state index in [0.717, 1.165) is 12.8 Å². The number of hydrogen-bond donors (Lipinski definition) is 0. The van der Waals surface area contributed by atoms with E-state index in [4.69, 9.17) is 16.3 Å². The summed E-state index contributed by atoms with van der Waals surface area (Å²) in [5, 5.41) is 11.3. The van der Waals surface area contributed by atoms with Crippen LogP contribution in [0.1, 0.15) is 12.8 Å². The van der Waals surface area contributed by atoms with Gasteiger partial charge in [0.15, 0.2) is 0 Å². The summed E-state index contributed by atoms with van der Waals surface area (Å²) in [5.74, 6) is 0.319. The molecule has 0 spiro atoms. The number of rotatable bonds is 3. The fraction of sp³-hybridized carbons (Fsp3) is 0.545. The quantitative estimate of drug-likeness (QED) is 0.479. The van der Waals surface area contributed by atoms with Crippen molar-refractivity contribution in [1.82, 2.24) is 4.98 Å². The lowest BCUT2D eigenvalue weighted by Crippen LogP contribution is -2.37. The first kappa shape index (κ1) is 13.0. The Morgan fingerprint density at radius 2 is 2.17 bits per heavy atom. The Kier molecular flexibility index (Phi) is 3.98. The average molecular weight is 272 g/mol. The molecule has 1 aliphatic heterocycles. The molecule has 1 aromatic rings. The van der Waals surface area contributed by atoms with Crippen molar-refractivity contribution in [3.63, 3.8) is 0 Å². The first-order chi connectivity index (χ1) is 8.59. The second kappa shape index (κ2) is 5.49. The third-order valence-corrected chi connectivity index (χ3v) is 3.30. The minimum absolute atomic E-state index is 0.0200. The molecule has 98 valence electrons. The Balaban J connectivity index is 2.30. The van der Waals surface area contributed by atoms with Crippen LogP contribution in [0.3, 0.4) is 0 Å². The first-order valence-corrected chi connectivity index (χ1v) is 6.09. The van der Waals surface area contributed by atoms with Crippen LogP contribution in [0.25, 0.3) is 0 Å². The Morgan fingerprint density at radius 1 is 1.50 bits per heavy atom. The predicted molar refractivity (Wildman–Crippen MR) is 68.1 cm³/mol. The SMILES string of the molecule is CN(c1nc(Cl)ccc1[N+](=O)[O-])C1CCOCC1. The van der Waals surface area contributed by atoms with Gasteiger partial charge in [0.05, 0.1) is 4.92 Å². The maximum atomic E-state index is 11.0. The van der Waals surface area contributed by atoms with Gasteiger partial charge in [0.25, 0.3) is 0 Å². The lowest BCUT2D eigenvalue weighted by molar-refractivity contribution is -0.384. The van der Waals surface area contributed by atoms with Crippen LogP contribution in [0.5, 0.6) is 0 Å². The minimum Gasteiger partial charge on any atom is -0.381 e. The Morgan fingerprint density at radius 3 is 2.78 bits per heavy atom. The van der Waals surface area contributed by atoms with Gasteiger partial charge >= 0.3 is 5.69 Å². The van der Waals surface area contributed by atoms with Gasteiger partial charge in [-0.3, -0.25) is 10.1 Å². The molecule has 0 aromatic carbocycles. The number of nitrogens with zero attached hydrogens (tertiary/aromatic N) is 3. The van der Waals surface area contributed by atoms with E-state index in [1.807, 2.05) is 11.9 Å². The van der Waals surface area contributed by atoms with E-state index < -0.39 is 4.92 Å². The van der Waals surface area contributed by atoms with E-state index in [9.17, 15) is 10.1 Å². The van der Waals surface area contributed by atoms with E-state index in [1.54, 1.807) is 0 Å². The van der Waals surface area contributed by atoms with Crippen LogP contribution in [0.4, 0.5) is 11.5 Å². The number of pyridine rings is 1. The van der Waals surface area contributed by atoms with Gasteiger partial charge in [-0.15, -0.1) is 0 Å². The van der Waals surface area contributed by atoms with Gasteiger partial charge in [-0.2, -0.15) is 0 Å². The lowest BCUT2D eigenvalue weighted by Gasteiger charge is -2.31. The normalized spacial score (nSPS) is 16.6. The number of ether oxygens (including phenoxy) is 1. The zero-order chi connectivity index (χ0) is 13.1.